The molecule has 1 unspecified atom stereocenters. The number of rotatable bonds is 8. The van der Waals surface area contributed by atoms with Crippen LogP contribution in [0.2, 0.25) is 0 Å². The number of carbonyl (C=O) groups excluding carboxylic acids is 2. The van der Waals surface area contributed by atoms with Crippen molar-refractivity contribution < 1.29 is 22.7 Å². The maximum absolute atomic E-state index is 12.4. The molecule has 8 heteroatoms. The van der Waals surface area contributed by atoms with E-state index in [2.05, 4.69) is 5.32 Å². The Labute approximate surface area is 154 Å². The quantitative estimate of drug-likeness (QED) is 0.694. The van der Waals surface area contributed by atoms with Crippen molar-refractivity contribution in [2.45, 2.75) is 50.5 Å². The third-order valence-corrected chi connectivity index (χ3v) is 6.17. The Kier molecular flexibility index (Phi) is 7.16. The Bertz CT molecular complexity index is 724. The van der Waals surface area contributed by atoms with Crippen molar-refractivity contribution in [3.05, 3.63) is 29.8 Å². The Hall–Kier alpha value is -1.93. The summed E-state index contributed by atoms with van der Waals surface area (Å²) in [4.78, 5) is 23.9. The first-order chi connectivity index (χ1) is 12.3. The number of hydrogen-bond acceptors (Lipinski definition) is 5. The van der Waals surface area contributed by atoms with Crippen LogP contribution < -0.4 is 5.32 Å². The van der Waals surface area contributed by atoms with Crippen molar-refractivity contribution in [2.24, 2.45) is 0 Å². The molecule has 1 amide bonds. The second-order valence-electron chi connectivity index (χ2n) is 6.47. The normalized spacial score (nSPS) is 16.2. The van der Waals surface area contributed by atoms with Gasteiger partial charge >= 0.3 is 5.97 Å². The molecule has 144 valence electrons. The van der Waals surface area contributed by atoms with Gasteiger partial charge in [-0.2, -0.15) is 4.31 Å². The molecule has 1 aromatic carbocycles. The number of benzene rings is 1. The zero-order valence-corrected chi connectivity index (χ0v) is 16.0. The summed E-state index contributed by atoms with van der Waals surface area (Å²) in [7, 11) is -3.51. The van der Waals surface area contributed by atoms with E-state index < -0.39 is 16.0 Å². The maximum Gasteiger partial charge on any atom is 0.338 e. The van der Waals surface area contributed by atoms with E-state index in [0.29, 0.717) is 13.1 Å². The number of carbonyl (C=O) groups is 2. The summed E-state index contributed by atoms with van der Waals surface area (Å²) < 4.78 is 31.3. The SMILES string of the molecule is CCCC(C)NC(=O)COC(=O)c1ccc(S(=O)(=O)N2CCCC2)cc1. The van der Waals surface area contributed by atoms with E-state index >= 15 is 0 Å². The van der Waals surface area contributed by atoms with E-state index in [4.69, 9.17) is 4.74 Å². The van der Waals surface area contributed by atoms with Gasteiger partial charge in [0, 0.05) is 19.1 Å². The van der Waals surface area contributed by atoms with E-state index in [0.717, 1.165) is 25.7 Å². The molecule has 1 aliphatic rings. The number of amides is 1. The predicted molar refractivity (Wildman–Crippen MR) is 97.2 cm³/mol. The molecule has 0 bridgehead atoms. The highest BCUT2D eigenvalue weighted by molar-refractivity contribution is 7.89. The number of esters is 1. The van der Waals surface area contributed by atoms with Crippen molar-refractivity contribution in [3.8, 4) is 0 Å². The summed E-state index contributed by atoms with van der Waals surface area (Å²) in [6.07, 6.45) is 3.53. The van der Waals surface area contributed by atoms with E-state index in [1.807, 2.05) is 13.8 Å². The Morgan fingerprint density at radius 3 is 2.38 bits per heavy atom. The molecule has 0 aromatic heterocycles. The van der Waals surface area contributed by atoms with E-state index in [-0.39, 0.29) is 29.0 Å². The van der Waals surface area contributed by atoms with Crippen molar-refractivity contribution in [1.29, 1.82) is 0 Å². The fourth-order valence-corrected chi connectivity index (χ4v) is 4.39. The average Bonchev–Trinajstić information content (AvgIpc) is 3.15. The zero-order chi connectivity index (χ0) is 19.2. The summed E-state index contributed by atoms with van der Waals surface area (Å²) in [5, 5.41) is 2.75. The lowest BCUT2D eigenvalue weighted by atomic mass is 10.2. The molecule has 1 saturated heterocycles. The lowest BCUT2D eigenvalue weighted by molar-refractivity contribution is -0.124. The highest BCUT2D eigenvalue weighted by atomic mass is 32.2. The van der Waals surface area contributed by atoms with Crippen LogP contribution in [0.3, 0.4) is 0 Å². The fourth-order valence-electron chi connectivity index (χ4n) is 2.88. The first-order valence-corrected chi connectivity index (χ1v) is 10.3. The number of sulfonamides is 1. The van der Waals surface area contributed by atoms with Gasteiger partial charge in [0.05, 0.1) is 10.5 Å². The Morgan fingerprint density at radius 2 is 1.81 bits per heavy atom. The summed E-state index contributed by atoms with van der Waals surface area (Å²) in [6, 6.07) is 5.63. The molecule has 1 atom stereocenters. The molecular formula is C18H26N2O5S. The van der Waals surface area contributed by atoms with Gasteiger partial charge in [0.25, 0.3) is 5.91 Å². The van der Waals surface area contributed by atoms with E-state index in [9.17, 15) is 18.0 Å². The summed E-state index contributed by atoms with van der Waals surface area (Å²) in [5.41, 5.74) is 0.208. The molecule has 1 N–H and O–H groups in total. The average molecular weight is 382 g/mol. The molecule has 1 heterocycles. The van der Waals surface area contributed by atoms with Crippen LogP contribution in [0.1, 0.15) is 49.9 Å². The number of hydrogen-bond donors (Lipinski definition) is 1. The third-order valence-electron chi connectivity index (χ3n) is 4.26. The molecule has 0 aliphatic carbocycles. The first kappa shape index (κ1) is 20.4. The number of nitrogens with zero attached hydrogens (tertiary/aromatic N) is 1. The van der Waals surface area contributed by atoms with Crippen LogP contribution in [0.5, 0.6) is 0 Å². The van der Waals surface area contributed by atoms with Crippen molar-refractivity contribution in [2.75, 3.05) is 19.7 Å². The van der Waals surface area contributed by atoms with Gasteiger partial charge in [0.2, 0.25) is 10.0 Å². The minimum Gasteiger partial charge on any atom is -0.452 e. The number of ether oxygens (including phenoxy) is 1. The summed E-state index contributed by atoms with van der Waals surface area (Å²) in [5.74, 6) is -1.01. The van der Waals surface area contributed by atoms with Gasteiger partial charge in [0.15, 0.2) is 6.61 Å². The Morgan fingerprint density at radius 1 is 1.19 bits per heavy atom. The van der Waals surface area contributed by atoms with Gasteiger partial charge in [-0.3, -0.25) is 4.79 Å². The second kappa shape index (κ2) is 9.14. The van der Waals surface area contributed by atoms with E-state index in [1.54, 1.807) is 0 Å². The van der Waals surface area contributed by atoms with Gasteiger partial charge in [-0.1, -0.05) is 13.3 Å². The monoisotopic (exact) mass is 382 g/mol. The van der Waals surface area contributed by atoms with Crippen LogP contribution in [0, 0.1) is 0 Å². The van der Waals surface area contributed by atoms with Gasteiger partial charge in [-0.05, 0) is 50.5 Å². The molecule has 7 nitrogen and oxygen atoms in total. The van der Waals surface area contributed by atoms with Crippen LogP contribution in [-0.4, -0.2) is 50.3 Å². The molecule has 2 rings (SSSR count). The Balaban J connectivity index is 1.91. The predicted octanol–water partition coefficient (Wildman–Crippen LogP) is 1.93. The molecule has 1 aliphatic heterocycles. The maximum atomic E-state index is 12.4. The molecule has 0 saturated carbocycles. The van der Waals surface area contributed by atoms with Gasteiger partial charge in [0.1, 0.15) is 0 Å². The van der Waals surface area contributed by atoms with Crippen LogP contribution >= 0.6 is 0 Å². The lowest BCUT2D eigenvalue weighted by Gasteiger charge is -2.15. The third kappa shape index (κ3) is 5.28. The second-order valence-corrected chi connectivity index (χ2v) is 8.41. The minimum absolute atomic E-state index is 0.0290. The smallest absolute Gasteiger partial charge is 0.338 e. The lowest BCUT2D eigenvalue weighted by Crippen LogP contribution is -2.35. The van der Waals surface area contributed by atoms with E-state index in [1.165, 1.54) is 28.6 Å². The standard InChI is InChI=1S/C18H26N2O5S/c1-3-6-14(2)19-17(21)13-25-18(22)15-7-9-16(10-8-15)26(23,24)20-11-4-5-12-20/h7-10,14H,3-6,11-13H2,1-2H3,(H,19,21). The largest absolute Gasteiger partial charge is 0.452 e. The van der Waals surface area contributed by atoms with Crippen molar-refractivity contribution in [1.82, 2.24) is 9.62 Å². The summed E-state index contributed by atoms with van der Waals surface area (Å²) >= 11 is 0. The van der Waals surface area contributed by atoms with Crippen molar-refractivity contribution in [3.63, 3.8) is 0 Å². The van der Waals surface area contributed by atoms with Crippen LogP contribution in [0.4, 0.5) is 0 Å². The fraction of sp³-hybridized carbons (Fsp3) is 0.556. The van der Waals surface area contributed by atoms with Gasteiger partial charge < -0.3 is 10.1 Å². The highest BCUT2D eigenvalue weighted by Crippen LogP contribution is 2.21. The first-order valence-electron chi connectivity index (χ1n) is 8.91. The minimum atomic E-state index is -3.51. The van der Waals surface area contributed by atoms with Gasteiger partial charge in [-0.25, -0.2) is 13.2 Å². The van der Waals surface area contributed by atoms with Crippen LogP contribution in [0.15, 0.2) is 29.2 Å². The molecule has 26 heavy (non-hydrogen) atoms. The van der Waals surface area contributed by atoms with Crippen LogP contribution in [-0.2, 0) is 19.6 Å². The molecule has 1 aromatic rings. The molecule has 0 radical (unpaired) electrons. The van der Waals surface area contributed by atoms with Gasteiger partial charge in [-0.15, -0.1) is 0 Å². The summed E-state index contributed by atoms with van der Waals surface area (Å²) in [6.45, 7) is 4.61. The van der Waals surface area contributed by atoms with Crippen molar-refractivity contribution >= 4 is 21.9 Å². The van der Waals surface area contributed by atoms with Crippen LogP contribution in [0.25, 0.3) is 0 Å². The zero-order valence-electron chi connectivity index (χ0n) is 15.2. The molecular weight excluding hydrogens is 356 g/mol. The topological polar surface area (TPSA) is 92.8 Å². The highest BCUT2D eigenvalue weighted by Gasteiger charge is 2.27. The number of nitrogens with one attached hydrogen (secondary N) is 1. The molecule has 1 fully saturated rings. The molecule has 0 spiro atoms.